The van der Waals surface area contributed by atoms with Crippen molar-refractivity contribution in [2.75, 3.05) is 26.2 Å². The molecule has 0 aromatic heterocycles. The second kappa shape index (κ2) is 7.88. The van der Waals surface area contributed by atoms with Gasteiger partial charge in [-0.3, -0.25) is 9.69 Å². The third-order valence-electron chi connectivity index (χ3n) is 6.33. The normalized spacial score (nSPS) is 32.0. The van der Waals surface area contributed by atoms with Gasteiger partial charge in [-0.05, 0) is 42.6 Å². The molecular formula is C21H30N2O2. The molecule has 1 N–H and O–H groups in total. The molecule has 2 aliphatic carbocycles. The van der Waals surface area contributed by atoms with Crippen LogP contribution in [0, 0.1) is 17.8 Å². The Morgan fingerprint density at radius 2 is 2.08 bits per heavy atom. The summed E-state index contributed by atoms with van der Waals surface area (Å²) in [4.78, 5) is 14.7. The average Bonchev–Trinajstić information content (AvgIpc) is 3.24. The predicted octanol–water partition coefficient (Wildman–Crippen LogP) is 2.83. The van der Waals surface area contributed by atoms with Crippen LogP contribution in [0.2, 0.25) is 0 Å². The molecule has 4 nitrogen and oxygen atoms in total. The SMILES string of the molecule is O=C(C[C@@H]1C[C@H]2CC[C@H]1C2)NC[C@H]1CN(Cc2ccccc2)CCO1. The van der Waals surface area contributed by atoms with E-state index in [4.69, 9.17) is 4.74 Å². The van der Waals surface area contributed by atoms with E-state index in [0.717, 1.165) is 44.5 Å². The minimum absolute atomic E-state index is 0.112. The van der Waals surface area contributed by atoms with Gasteiger partial charge >= 0.3 is 0 Å². The van der Waals surface area contributed by atoms with E-state index >= 15 is 0 Å². The first-order chi connectivity index (χ1) is 12.3. The second-order valence-corrected chi connectivity index (χ2v) is 8.16. The molecule has 4 heteroatoms. The van der Waals surface area contributed by atoms with E-state index in [1.807, 2.05) is 0 Å². The number of nitrogens with zero attached hydrogens (tertiary/aromatic N) is 1. The Balaban J connectivity index is 1.19. The minimum atomic E-state index is 0.112. The Labute approximate surface area is 150 Å². The zero-order valence-corrected chi connectivity index (χ0v) is 15.0. The van der Waals surface area contributed by atoms with Crippen LogP contribution in [-0.4, -0.2) is 43.2 Å². The van der Waals surface area contributed by atoms with Crippen molar-refractivity contribution in [1.82, 2.24) is 10.2 Å². The monoisotopic (exact) mass is 342 g/mol. The van der Waals surface area contributed by atoms with Crippen LogP contribution in [0.4, 0.5) is 0 Å². The van der Waals surface area contributed by atoms with Gasteiger partial charge in [0, 0.05) is 32.6 Å². The topological polar surface area (TPSA) is 41.6 Å². The van der Waals surface area contributed by atoms with Crippen LogP contribution >= 0.6 is 0 Å². The first kappa shape index (κ1) is 17.0. The molecule has 136 valence electrons. The quantitative estimate of drug-likeness (QED) is 0.864. The molecule has 1 aromatic rings. The van der Waals surface area contributed by atoms with Crippen LogP contribution in [0.3, 0.4) is 0 Å². The average molecular weight is 342 g/mol. The smallest absolute Gasteiger partial charge is 0.220 e. The maximum atomic E-state index is 12.3. The molecule has 3 aliphatic rings. The summed E-state index contributed by atoms with van der Waals surface area (Å²) in [6.07, 6.45) is 6.24. The highest BCUT2D eigenvalue weighted by Crippen LogP contribution is 2.49. The lowest BCUT2D eigenvalue weighted by molar-refractivity contribution is -0.123. The number of hydrogen-bond donors (Lipinski definition) is 1. The summed E-state index contributed by atoms with van der Waals surface area (Å²) in [5.41, 5.74) is 1.34. The van der Waals surface area contributed by atoms with Crippen molar-refractivity contribution in [3.05, 3.63) is 35.9 Å². The number of carbonyl (C=O) groups is 1. The summed E-state index contributed by atoms with van der Waals surface area (Å²) in [6.45, 7) is 4.21. The third kappa shape index (κ3) is 4.42. The van der Waals surface area contributed by atoms with Gasteiger partial charge in [0.2, 0.25) is 5.91 Å². The zero-order chi connectivity index (χ0) is 17.1. The molecular weight excluding hydrogens is 312 g/mol. The summed E-state index contributed by atoms with van der Waals surface area (Å²) < 4.78 is 5.86. The number of ether oxygens (including phenoxy) is 1. The third-order valence-corrected chi connectivity index (χ3v) is 6.33. The Bertz CT molecular complexity index is 577. The number of nitrogens with one attached hydrogen (secondary N) is 1. The molecule has 4 rings (SSSR count). The Morgan fingerprint density at radius 3 is 2.84 bits per heavy atom. The van der Waals surface area contributed by atoms with Crippen LogP contribution in [-0.2, 0) is 16.1 Å². The van der Waals surface area contributed by atoms with Crippen LogP contribution < -0.4 is 5.32 Å². The van der Waals surface area contributed by atoms with Gasteiger partial charge < -0.3 is 10.1 Å². The van der Waals surface area contributed by atoms with Crippen molar-refractivity contribution >= 4 is 5.91 Å². The van der Waals surface area contributed by atoms with Gasteiger partial charge in [-0.25, -0.2) is 0 Å². The number of carbonyl (C=O) groups excluding carboxylic acids is 1. The highest BCUT2D eigenvalue weighted by molar-refractivity contribution is 5.76. The van der Waals surface area contributed by atoms with Crippen molar-refractivity contribution in [3.8, 4) is 0 Å². The molecule has 3 fully saturated rings. The van der Waals surface area contributed by atoms with Crippen molar-refractivity contribution in [1.29, 1.82) is 0 Å². The number of benzene rings is 1. The minimum Gasteiger partial charge on any atom is -0.374 e. The van der Waals surface area contributed by atoms with Crippen LogP contribution in [0.1, 0.15) is 37.7 Å². The van der Waals surface area contributed by atoms with Gasteiger partial charge in [0.1, 0.15) is 0 Å². The summed E-state index contributed by atoms with van der Waals surface area (Å²) in [7, 11) is 0. The lowest BCUT2D eigenvalue weighted by atomic mass is 9.86. The molecule has 0 radical (unpaired) electrons. The number of amides is 1. The van der Waals surface area contributed by atoms with Crippen molar-refractivity contribution < 1.29 is 9.53 Å². The summed E-state index contributed by atoms with van der Waals surface area (Å²) in [6, 6.07) is 10.6. The van der Waals surface area contributed by atoms with E-state index in [9.17, 15) is 4.79 Å². The van der Waals surface area contributed by atoms with Crippen molar-refractivity contribution in [3.63, 3.8) is 0 Å². The zero-order valence-electron chi connectivity index (χ0n) is 15.0. The first-order valence-corrected chi connectivity index (χ1v) is 9.91. The van der Waals surface area contributed by atoms with Crippen molar-refractivity contribution in [2.24, 2.45) is 17.8 Å². The van der Waals surface area contributed by atoms with Gasteiger partial charge in [-0.1, -0.05) is 36.8 Å². The van der Waals surface area contributed by atoms with E-state index in [2.05, 4.69) is 40.5 Å². The van der Waals surface area contributed by atoms with E-state index in [0.29, 0.717) is 12.5 Å². The van der Waals surface area contributed by atoms with E-state index in [-0.39, 0.29) is 12.0 Å². The number of rotatable bonds is 6. The second-order valence-electron chi connectivity index (χ2n) is 8.16. The fourth-order valence-electron chi connectivity index (χ4n) is 5.05. The fourth-order valence-corrected chi connectivity index (χ4v) is 5.05. The first-order valence-electron chi connectivity index (χ1n) is 9.91. The molecule has 1 amide bonds. The van der Waals surface area contributed by atoms with Gasteiger partial charge in [0.05, 0.1) is 12.7 Å². The number of fused-ring (bicyclic) bond motifs is 2. The molecule has 1 heterocycles. The molecule has 1 aliphatic heterocycles. The highest BCUT2D eigenvalue weighted by atomic mass is 16.5. The predicted molar refractivity (Wildman–Crippen MR) is 98.0 cm³/mol. The van der Waals surface area contributed by atoms with Crippen molar-refractivity contribution in [2.45, 2.75) is 44.8 Å². The molecule has 2 saturated carbocycles. The fraction of sp³-hybridized carbons (Fsp3) is 0.667. The lowest BCUT2D eigenvalue weighted by Gasteiger charge is -2.33. The Hall–Kier alpha value is -1.39. The summed E-state index contributed by atoms with van der Waals surface area (Å²) in [5, 5.41) is 3.13. The Kier molecular flexibility index (Phi) is 5.37. The molecule has 1 aromatic carbocycles. The van der Waals surface area contributed by atoms with Gasteiger partial charge in [-0.2, -0.15) is 0 Å². The highest BCUT2D eigenvalue weighted by Gasteiger charge is 2.40. The van der Waals surface area contributed by atoms with E-state index < -0.39 is 0 Å². The molecule has 0 unspecified atom stereocenters. The van der Waals surface area contributed by atoms with Crippen LogP contribution in [0.5, 0.6) is 0 Å². The summed E-state index contributed by atoms with van der Waals surface area (Å²) in [5.74, 6) is 2.60. The van der Waals surface area contributed by atoms with E-state index in [1.165, 1.54) is 31.2 Å². The Morgan fingerprint density at radius 1 is 1.20 bits per heavy atom. The van der Waals surface area contributed by atoms with E-state index in [1.54, 1.807) is 0 Å². The summed E-state index contributed by atoms with van der Waals surface area (Å²) >= 11 is 0. The lowest BCUT2D eigenvalue weighted by Crippen LogP contribution is -2.47. The van der Waals surface area contributed by atoms with Gasteiger partial charge in [-0.15, -0.1) is 0 Å². The maximum Gasteiger partial charge on any atom is 0.220 e. The van der Waals surface area contributed by atoms with Crippen LogP contribution in [0.25, 0.3) is 0 Å². The van der Waals surface area contributed by atoms with Gasteiger partial charge in [0.15, 0.2) is 0 Å². The van der Waals surface area contributed by atoms with Crippen LogP contribution in [0.15, 0.2) is 30.3 Å². The van der Waals surface area contributed by atoms with Gasteiger partial charge in [0.25, 0.3) is 0 Å². The molecule has 4 atom stereocenters. The number of hydrogen-bond acceptors (Lipinski definition) is 3. The largest absolute Gasteiger partial charge is 0.374 e. The maximum absolute atomic E-state index is 12.3. The molecule has 2 bridgehead atoms. The molecule has 1 saturated heterocycles. The molecule has 25 heavy (non-hydrogen) atoms. The molecule has 0 spiro atoms. The number of morpholine rings is 1. The standard InChI is InChI=1S/C21H30N2O2/c24-21(12-19-11-17-6-7-18(19)10-17)22-13-20-15-23(8-9-25-20)14-16-4-2-1-3-5-16/h1-5,17-20H,6-15H2,(H,22,24)/t17-,18-,19-,20-/m0/s1.